The van der Waals surface area contributed by atoms with Crippen molar-refractivity contribution < 1.29 is 9.18 Å². The molecular formula is C22H25ClFNOS. The Bertz CT molecular complexity index is 805. The van der Waals surface area contributed by atoms with E-state index < -0.39 is 5.82 Å². The average Bonchev–Trinajstić information content (AvgIpc) is 2.67. The highest BCUT2D eigenvalue weighted by molar-refractivity contribution is 8.00. The van der Waals surface area contributed by atoms with Gasteiger partial charge in [0.05, 0.1) is 5.02 Å². The van der Waals surface area contributed by atoms with E-state index in [9.17, 15) is 9.18 Å². The van der Waals surface area contributed by atoms with E-state index in [4.69, 9.17) is 11.6 Å². The van der Waals surface area contributed by atoms with E-state index in [0.29, 0.717) is 16.5 Å². The summed E-state index contributed by atoms with van der Waals surface area (Å²) in [6.45, 7) is 2.17. The van der Waals surface area contributed by atoms with Crippen molar-refractivity contribution in [2.45, 2.75) is 62.0 Å². The summed E-state index contributed by atoms with van der Waals surface area (Å²) < 4.78 is 13.3. The lowest BCUT2D eigenvalue weighted by molar-refractivity contribution is 0.102. The zero-order valence-corrected chi connectivity index (χ0v) is 17.1. The van der Waals surface area contributed by atoms with Gasteiger partial charge in [0.2, 0.25) is 0 Å². The van der Waals surface area contributed by atoms with Crippen molar-refractivity contribution in [2.75, 3.05) is 5.32 Å². The molecule has 0 saturated heterocycles. The van der Waals surface area contributed by atoms with Gasteiger partial charge in [0, 0.05) is 21.4 Å². The van der Waals surface area contributed by atoms with Crippen LogP contribution in [0.1, 0.15) is 61.4 Å². The van der Waals surface area contributed by atoms with Crippen LogP contribution in [-0.2, 0) is 6.42 Å². The molecule has 3 rings (SSSR count). The second-order valence-corrected chi connectivity index (χ2v) is 8.78. The fourth-order valence-electron chi connectivity index (χ4n) is 3.42. The van der Waals surface area contributed by atoms with Crippen LogP contribution in [0, 0.1) is 5.82 Å². The van der Waals surface area contributed by atoms with Gasteiger partial charge in [-0.3, -0.25) is 4.79 Å². The molecule has 1 saturated carbocycles. The highest BCUT2D eigenvalue weighted by Gasteiger charge is 2.18. The highest BCUT2D eigenvalue weighted by Crippen LogP contribution is 2.36. The Morgan fingerprint density at radius 1 is 1.19 bits per heavy atom. The zero-order chi connectivity index (χ0) is 19.2. The first kappa shape index (κ1) is 20.2. The number of rotatable bonds is 6. The number of hydrogen-bond donors (Lipinski definition) is 1. The molecule has 2 aromatic carbocycles. The van der Waals surface area contributed by atoms with Gasteiger partial charge in [0.15, 0.2) is 0 Å². The number of carbonyl (C=O) groups excluding carboxylic acids is 1. The van der Waals surface area contributed by atoms with Gasteiger partial charge < -0.3 is 5.32 Å². The summed E-state index contributed by atoms with van der Waals surface area (Å²) in [5.41, 5.74) is 2.42. The Morgan fingerprint density at radius 2 is 1.96 bits per heavy atom. The summed E-state index contributed by atoms with van der Waals surface area (Å²) in [7, 11) is 0. The van der Waals surface area contributed by atoms with E-state index in [2.05, 4.69) is 18.3 Å². The number of aryl methyl sites for hydroxylation is 1. The number of carbonyl (C=O) groups is 1. The number of benzene rings is 2. The van der Waals surface area contributed by atoms with E-state index >= 15 is 0 Å². The van der Waals surface area contributed by atoms with Gasteiger partial charge in [-0.1, -0.05) is 50.3 Å². The lowest BCUT2D eigenvalue weighted by atomic mass is 10.0. The Balaban J connectivity index is 1.78. The second-order valence-electron chi connectivity index (χ2n) is 7.03. The maximum atomic E-state index is 13.3. The summed E-state index contributed by atoms with van der Waals surface area (Å²) in [4.78, 5) is 13.9. The van der Waals surface area contributed by atoms with E-state index in [0.717, 1.165) is 12.8 Å². The van der Waals surface area contributed by atoms with E-state index in [1.807, 2.05) is 23.9 Å². The molecule has 1 amide bonds. The summed E-state index contributed by atoms with van der Waals surface area (Å²) in [6.07, 6.45) is 8.53. The van der Waals surface area contributed by atoms with E-state index in [1.165, 1.54) is 60.8 Å². The van der Waals surface area contributed by atoms with Crippen LogP contribution in [0.2, 0.25) is 5.02 Å². The third-order valence-electron chi connectivity index (χ3n) is 4.87. The van der Waals surface area contributed by atoms with Crippen LogP contribution in [0.5, 0.6) is 0 Å². The molecule has 1 aliphatic carbocycles. The standard InChI is InChI=1S/C22H25ClFNOS/c1-2-6-15-9-10-16(13-21(15)27-18-7-4-3-5-8-18)22(26)25-17-11-12-20(24)19(23)14-17/h9-14,18H,2-8H2,1H3,(H,25,26). The third kappa shape index (κ3) is 5.49. The maximum Gasteiger partial charge on any atom is 0.255 e. The molecule has 0 aromatic heterocycles. The molecule has 5 heteroatoms. The number of anilines is 1. The fourth-order valence-corrected chi connectivity index (χ4v) is 5.05. The molecule has 1 fully saturated rings. The number of amides is 1. The van der Waals surface area contributed by atoms with Gasteiger partial charge >= 0.3 is 0 Å². The third-order valence-corrected chi connectivity index (χ3v) is 6.60. The van der Waals surface area contributed by atoms with E-state index in [-0.39, 0.29) is 10.9 Å². The van der Waals surface area contributed by atoms with Crippen molar-refractivity contribution in [2.24, 2.45) is 0 Å². The van der Waals surface area contributed by atoms with Gasteiger partial charge in [0.1, 0.15) is 5.82 Å². The van der Waals surface area contributed by atoms with Gasteiger partial charge in [-0.15, -0.1) is 11.8 Å². The van der Waals surface area contributed by atoms with Crippen LogP contribution in [-0.4, -0.2) is 11.2 Å². The lowest BCUT2D eigenvalue weighted by Crippen LogP contribution is -2.13. The molecule has 0 bridgehead atoms. The zero-order valence-electron chi connectivity index (χ0n) is 15.6. The molecule has 144 valence electrons. The predicted octanol–water partition coefficient (Wildman–Crippen LogP) is 7.11. The molecule has 2 aromatic rings. The molecule has 0 radical (unpaired) electrons. The fraction of sp³-hybridized carbons (Fsp3) is 0.409. The van der Waals surface area contributed by atoms with Crippen LogP contribution in [0.25, 0.3) is 0 Å². The van der Waals surface area contributed by atoms with Crippen molar-refractivity contribution in [3.05, 3.63) is 58.4 Å². The highest BCUT2D eigenvalue weighted by atomic mass is 35.5. The molecule has 0 atom stereocenters. The average molecular weight is 406 g/mol. The van der Waals surface area contributed by atoms with Crippen LogP contribution in [0.4, 0.5) is 10.1 Å². The van der Waals surface area contributed by atoms with Crippen molar-refractivity contribution >= 4 is 35.0 Å². The van der Waals surface area contributed by atoms with Gasteiger partial charge in [-0.25, -0.2) is 4.39 Å². The molecule has 1 N–H and O–H groups in total. The Kier molecular flexibility index (Phi) is 7.20. The molecular weight excluding hydrogens is 381 g/mol. The maximum absolute atomic E-state index is 13.3. The minimum atomic E-state index is -0.496. The monoisotopic (exact) mass is 405 g/mol. The summed E-state index contributed by atoms with van der Waals surface area (Å²) >= 11 is 7.73. The van der Waals surface area contributed by atoms with Gasteiger partial charge in [-0.2, -0.15) is 0 Å². The largest absolute Gasteiger partial charge is 0.322 e. The minimum Gasteiger partial charge on any atom is -0.322 e. The van der Waals surface area contributed by atoms with Crippen LogP contribution < -0.4 is 5.32 Å². The van der Waals surface area contributed by atoms with Gasteiger partial charge in [-0.05, 0) is 55.2 Å². The first-order valence-corrected chi connectivity index (χ1v) is 10.9. The second kappa shape index (κ2) is 9.61. The Hall–Kier alpha value is -1.52. The van der Waals surface area contributed by atoms with Crippen molar-refractivity contribution in [1.29, 1.82) is 0 Å². The van der Waals surface area contributed by atoms with Crippen LogP contribution in [0.15, 0.2) is 41.3 Å². The van der Waals surface area contributed by atoms with Crippen molar-refractivity contribution in [1.82, 2.24) is 0 Å². The first-order valence-electron chi connectivity index (χ1n) is 9.63. The molecule has 2 nitrogen and oxygen atoms in total. The van der Waals surface area contributed by atoms with Crippen LogP contribution in [0.3, 0.4) is 0 Å². The number of thioether (sulfide) groups is 1. The topological polar surface area (TPSA) is 29.1 Å². The molecule has 0 heterocycles. The SMILES string of the molecule is CCCc1ccc(C(=O)Nc2ccc(F)c(Cl)c2)cc1SC1CCCCC1. The number of nitrogens with one attached hydrogen (secondary N) is 1. The summed E-state index contributed by atoms with van der Waals surface area (Å²) in [5.74, 6) is -0.698. The molecule has 0 spiro atoms. The Labute approximate surface area is 169 Å². The first-order chi connectivity index (χ1) is 13.1. The number of halogens is 2. The molecule has 1 aliphatic rings. The van der Waals surface area contributed by atoms with E-state index in [1.54, 1.807) is 0 Å². The summed E-state index contributed by atoms with van der Waals surface area (Å²) in [5, 5.41) is 3.45. The molecule has 27 heavy (non-hydrogen) atoms. The smallest absolute Gasteiger partial charge is 0.255 e. The van der Waals surface area contributed by atoms with Gasteiger partial charge in [0.25, 0.3) is 5.91 Å². The lowest BCUT2D eigenvalue weighted by Gasteiger charge is -2.22. The minimum absolute atomic E-state index is 0.000336. The molecule has 0 aliphatic heterocycles. The Morgan fingerprint density at radius 3 is 2.67 bits per heavy atom. The number of hydrogen-bond acceptors (Lipinski definition) is 2. The predicted molar refractivity (Wildman–Crippen MR) is 113 cm³/mol. The molecule has 0 unspecified atom stereocenters. The normalized spacial score (nSPS) is 14.9. The van der Waals surface area contributed by atoms with Crippen LogP contribution >= 0.6 is 23.4 Å². The van der Waals surface area contributed by atoms with Crippen molar-refractivity contribution in [3.63, 3.8) is 0 Å². The van der Waals surface area contributed by atoms with Crippen molar-refractivity contribution in [3.8, 4) is 0 Å². The summed E-state index contributed by atoms with van der Waals surface area (Å²) in [6, 6.07) is 10.1. The quantitative estimate of drug-likeness (QED) is 0.554.